The normalized spacial score (nSPS) is 15.4. The van der Waals surface area contributed by atoms with Crippen LogP contribution in [-0.4, -0.2) is 42.1 Å². The van der Waals surface area contributed by atoms with Gasteiger partial charge in [0, 0.05) is 23.9 Å². The predicted octanol–water partition coefficient (Wildman–Crippen LogP) is 3.03. The van der Waals surface area contributed by atoms with Gasteiger partial charge in [-0.05, 0) is 12.1 Å². The number of carbonyl (C=O) groups is 1. The number of ether oxygens (including phenoxy) is 1. The first kappa shape index (κ1) is 13.5. The molecule has 1 aromatic carbocycles. The molecule has 0 N–H and O–H groups in total. The van der Waals surface area contributed by atoms with E-state index in [1.807, 2.05) is 30.3 Å². The molecule has 112 valence electrons. The van der Waals surface area contributed by atoms with Crippen molar-refractivity contribution < 1.29 is 13.9 Å². The van der Waals surface area contributed by atoms with E-state index in [0.717, 1.165) is 16.0 Å². The second kappa shape index (κ2) is 5.55. The van der Waals surface area contributed by atoms with Crippen molar-refractivity contribution in [3.63, 3.8) is 0 Å². The molecule has 6 heteroatoms. The lowest BCUT2D eigenvalue weighted by Crippen LogP contribution is -2.40. The summed E-state index contributed by atoms with van der Waals surface area (Å²) in [5, 5.41) is 3.56. The first-order chi connectivity index (χ1) is 10.8. The maximum absolute atomic E-state index is 12.4. The molecule has 0 atom stereocenters. The van der Waals surface area contributed by atoms with Gasteiger partial charge in [-0.1, -0.05) is 18.2 Å². The average molecular weight is 314 g/mol. The number of carbonyl (C=O) groups excluding carboxylic acids is 1. The van der Waals surface area contributed by atoms with Gasteiger partial charge in [0.1, 0.15) is 11.3 Å². The molecular formula is C16H14N2O3S. The third-order valence-electron chi connectivity index (χ3n) is 3.66. The first-order valence-electron chi connectivity index (χ1n) is 7.13. The third kappa shape index (κ3) is 2.40. The van der Waals surface area contributed by atoms with E-state index in [-0.39, 0.29) is 5.91 Å². The minimum Gasteiger partial charge on any atom is -0.454 e. The highest BCUT2D eigenvalue weighted by Crippen LogP contribution is 2.30. The highest BCUT2D eigenvalue weighted by atomic mass is 32.1. The smallest absolute Gasteiger partial charge is 0.273 e. The summed E-state index contributed by atoms with van der Waals surface area (Å²) in [7, 11) is 0. The Morgan fingerprint density at radius 1 is 1.23 bits per heavy atom. The van der Waals surface area contributed by atoms with E-state index in [1.54, 1.807) is 10.3 Å². The number of fused-ring (bicyclic) bond motifs is 1. The van der Waals surface area contributed by atoms with Crippen LogP contribution in [0.15, 0.2) is 40.1 Å². The van der Waals surface area contributed by atoms with Crippen LogP contribution in [0.5, 0.6) is 0 Å². The molecule has 1 aliphatic heterocycles. The van der Waals surface area contributed by atoms with E-state index in [9.17, 15) is 4.79 Å². The van der Waals surface area contributed by atoms with Gasteiger partial charge in [-0.15, -0.1) is 11.3 Å². The number of aromatic nitrogens is 1. The van der Waals surface area contributed by atoms with E-state index in [1.165, 1.54) is 11.3 Å². The Morgan fingerprint density at radius 3 is 2.86 bits per heavy atom. The van der Waals surface area contributed by atoms with Crippen molar-refractivity contribution >= 4 is 28.2 Å². The van der Waals surface area contributed by atoms with E-state index in [4.69, 9.17) is 9.15 Å². The summed E-state index contributed by atoms with van der Waals surface area (Å²) in [6, 6.07) is 9.78. The Hall–Kier alpha value is -2.18. The van der Waals surface area contributed by atoms with E-state index in [0.29, 0.717) is 37.8 Å². The molecule has 1 aliphatic rings. The largest absolute Gasteiger partial charge is 0.454 e. The molecule has 2 aromatic heterocycles. The lowest BCUT2D eigenvalue weighted by molar-refractivity contribution is 0.0299. The van der Waals surface area contributed by atoms with Crippen LogP contribution in [0.4, 0.5) is 0 Å². The number of para-hydroxylation sites is 1. The average Bonchev–Trinajstić information content (AvgIpc) is 3.21. The predicted molar refractivity (Wildman–Crippen MR) is 84.0 cm³/mol. The molecule has 3 aromatic rings. The molecular weight excluding hydrogens is 300 g/mol. The van der Waals surface area contributed by atoms with Gasteiger partial charge in [-0.25, -0.2) is 4.98 Å². The Kier molecular flexibility index (Phi) is 3.40. The number of furan rings is 1. The SMILES string of the molecule is O=C(c1csc(-c2cc3ccccc3o2)n1)N1CCOCC1. The van der Waals surface area contributed by atoms with Gasteiger partial charge < -0.3 is 14.1 Å². The zero-order chi connectivity index (χ0) is 14.9. The number of nitrogens with zero attached hydrogens (tertiary/aromatic N) is 2. The highest BCUT2D eigenvalue weighted by molar-refractivity contribution is 7.13. The van der Waals surface area contributed by atoms with Crippen molar-refractivity contribution in [2.24, 2.45) is 0 Å². The van der Waals surface area contributed by atoms with Crippen LogP contribution in [0.25, 0.3) is 21.7 Å². The molecule has 5 nitrogen and oxygen atoms in total. The highest BCUT2D eigenvalue weighted by Gasteiger charge is 2.21. The maximum atomic E-state index is 12.4. The van der Waals surface area contributed by atoms with Crippen LogP contribution in [0.2, 0.25) is 0 Å². The Balaban J connectivity index is 1.61. The second-order valence-electron chi connectivity index (χ2n) is 5.09. The minimum absolute atomic E-state index is 0.0399. The molecule has 1 amide bonds. The fourth-order valence-electron chi connectivity index (χ4n) is 2.50. The third-order valence-corrected chi connectivity index (χ3v) is 4.51. The number of amides is 1. The quantitative estimate of drug-likeness (QED) is 0.729. The van der Waals surface area contributed by atoms with Gasteiger partial charge in [0.05, 0.1) is 13.2 Å². The number of thiazole rings is 1. The van der Waals surface area contributed by atoms with Crippen molar-refractivity contribution in [3.8, 4) is 10.8 Å². The lowest BCUT2D eigenvalue weighted by Gasteiger charge is -2.25. The van der Waals surface area contributed by atoms with Crippen LogP contribution in [0, 0.1) is 0 Å². The van der Waals surface area contributed by atoms with Gasteiger partial charge >= 0.3 is 0 Å². The van der Waals surface area contributed by atoms with E-state index < -0.39 is 0 Å². The fraction of sp³-hybridized carbons (Fsp3) is 0.250. The van der Waals surface area contributed by atoms with Crippen LogP contribution in [-0.2, 0) is 4.74 Å². The molecule has 0 spiro atoms. The topological polar surface area (TPSA) is 55.6 Å². The van der Waals surface area contributed by atoms with Crippen molar-refractivity contribution in [1.29, 1.82) is 0 Å². The molecule has 0 unspecified atom stereocenters. The molecule has 0 radical (unpaired) electrons. The fourth-order valence-corrected chi connectivity index (χ4v) is 3.25. The molecule has 1 saturated heterocycles. The summed E-state index contributed by atoms with van der Waals surface area (Å²) in [6.45, 7) is 2.42. The molecule has 22 heavy (non-hydrogen) atoms. The first-order valence-corrected chi connectivity index (χ1v) is 8.01. The van der Waals surface area contributed by atoms with Crippen molar-refractivity contribution in [3.05, 3.63) is 41.4 Å². The minimum atomic E-state index is -0.0399. The van der Waals surface area contributed by atoms with Crippen LogP contribution in [0.1, 0.15) is 10.5 Å². The standard InChI is InChI=1S/C16H14N2O3S/c19-16(18-5-7-20-8-6-18)12-10-22-15(17-12)14-9-11-3-1-2-4-13(11)21-14/h1-4,9-10H,5-8H2. The van der Waals surface area contributed by atoms with E-state index >= 15 is 0 Å². The second-order valence-corrected chi connectivity index (χ2v) is 5.95. The molecule has 0 aliphatic carbocycles. The summed E-state index contributed by atoms with van der Waals surface area (Å²) in [5.74, 6) is 0.661. The maximum Gasteiger partial charge on any atom is 0.273 e. The zero-order valence-corrected chi connectivity index (χ0v) is 12.6. The number of hydrogen-bond acceptors (Lipinski definition) is 5. The zero-order valence-electron chi connectivity index (χ0n) is 11.8. The summed E-state index contributed by atoms with van der Waals surface area (Å²) in [6.07, 6.45) is 0. The van der Waals surface area contributed by atoms with E-state index in [2.05, 4.69) is 4.98 Å². The Bertz CT molecular complexity index is 785. The number of rotatable bonds is 2. The van der Waals surface area contributed by atoms with Gasteiger partial charge in [0.25, 0.3) is 5.91 Å². The summed E-state index contributed by atoms with van der Waals surface area (Å²) >= 11 is 1.43. The molecule has 0 saturated carbocycles. The van der Waals surface area contributed by atoms with Gasteiger partial charge in [-0.3, -0.25) is 4.79 Å². The molecule has 0 bridgehead atoms. The molecule has 1 fully saturated rings. The van der Waals surface area contributed by atoms with Crippen molar-refractivity contribution in [2.75, 3.05) is 26.3 Å². The van der Waals surface area contributed by atoms with Crippen molar-refractivity contribution in [2.45, 2.75) is 0 Å². The number of morpholine rings is 1. The summed E-state index contributed by atoms with van der Waals surface area (Å²) in [5.41, 5.74) is 1.30. The summed E-state index contributed by atoms with van der Waals surface area (Å²) in [4.78, 5) is 18.6. The van der Waals surface area contributed by atoms with Crippen LogP contribution in [0.3, 0.4) is 0 Å². The van der Waals surface area contributed by atoms with Gasteiger partial charge in [0.15, 0.2) is 10.8 Å². The van der Waals surface area contributed by atoms with Gasteiger partial charge in [0.2, 0.25) is 0 Å². The monoisotopic (exact) mass is 314 g/mol. The Morgan fingerprint density at radius 2 is 2.05 bits per heavy atom. The number of benzene rings is 1. The lowest BCUT2D eigenvalue weighted by atomic mass is 10.2. The van der Waals surface area contributed by atoms with Gasteiger partial charge in [-0.2, -0.15) is 0 Å². The van der Waals surface area contributed by atoms with Crippen molar-refractivity contribution in [1.82, 2.24) is 9.88 Å². The van der Waals surface area contributed by atoms with Crippen LogP contribution < -0.4 is 0 Å². The van der Waals surface area contributed by atoms with Crippen LogP contribution >= 0.6 is 11.3 Å². The molecule has 4 rings (SSSR count). The Labute approximate surface area is 131 Å². The number of hydrogen-bond donors (Lipinski definition) is 0. The summed E-state index contributed by atoms with van der Waals surface area (Å²) < 4.78 is 11.1. The molecule has 3 heterocycles.